The van der Waals surface area contributed by atoms with Gasteiger partial charge in [0.2, 0.25) is 0 Å². The van der Waals surface area contributed by atoms with Gasteiger partial charge >= 0.3 is 0 Å². The topological polar surface area (TPSA) is 25.2 Å². The van der Waals surface area contributed by atoms with Crippen molar-refractivity contribution in [2.24, 2.45) is 0 Å². The van der Waals surface area contributed by atoms with E-state index >= 15 is 0 Å². The first kappa shape index (κ1) is 11.9. The molecule has 0 amide bonds. The van der Waals surface area contributed by atoms with Crippen molar-refractivity contribution in [3.8, 4) is 0 Å². The van der Waals surface area contributed by atoms with Gasteiger partial charge in [-0.1, -0.05) is 37.6 Å². The van der Waals surface area contributed by atoms with Crippen LogP contribution in [0.4, 0.5) is 0 Å². The molecule has 0 aliphatic carbocycles. The Morgan fingerprint density at radius 1 is 1.29 bits per heavy atom. The average Bonchev–Trinajstić information content (AvgIpc) is 2.76. The van der Waals surface area contributed by atoms with Crippen LogP contribution in [0.15, 0.2) is 40.3 Å². The van der Waals surface area contributed by atoms with Gasteiger partial charge in [0.1, 0.15) is 11.3 Å². The zero-order valence-electron chi connectivity index (χ0n) is 10.5. The highest BCUT2D eigenvalue weighted by molar-refractivity contribution is 5.79. The molecule has 2 nitrogen and oxygen atoms in total. The minimum Gasteiger partial charge on any atom is -0.457 e. The lowest BCUT2D eigenvalue weighted by Crippen LogP contribution is -2.15. The van der Waals surface area contributed by atoms with Crippen molar-refractivity contribution in [3.05, 3.63) is 41.7 Å². The summed E-state index contributed by atoms with van der Waals surface area (Å²) < 4.78 is 5.78. The maximum atomic E-state index is 5.78. The number of para-hydroxylation sites is 1. The molecule has 1 heterocycles. The molecule has 2 aromatic rings. The van der Waals surface area contributed by atoms with Gasteiger partial charge in [0.05, 0.1) is 0 Å². The third kappa shape index (κ3) is 2.98. The molecule has 17 heavy (non-hydrogen) atoms. The van der Waals surface area contributed by atoms with Crippen molar-refractivity contribution in [3.63, 3.8) is 0 Å². The first-order chi connectivity index (χ1) is 8.33. The Bertz CT molecular complexity index is 477. The van der Waals surface area contributed by atoms with Crippen molar-refractivity contribution < 1.29 is 4.42 Å². The van der Waals surface area contributed by atoms with Gasteiger partial charge in [-0.25, -0.2) is 0 Å². The van der Waals surface area contributed by atoms with Crippen molar-refractivity contribution in [2.45, 2.75) is 20.3 Å². The molecule has 0 aliphatic heterocycles. The van der Waals surface area contributed by atoms with Crippen LogP contribution >= 0.6 is 0 Å². The van der Waals surface area contributed by atoms with Crippen molar-refractivity contribution in [2.75, 3.05) is 13.1 Å². The normalized spacial score (nSPS) is 12.2. The summed E-state index contributed by atoms with van der Waals surface area (Å²) >= 11 is 0. The van der Waals surface area contributed by atoms with E-state index < -0.39 is 0 Å². The van der Waals surface area contributed by atoms with E-state index in [9.17, 15) is 0 Å². The summed E-state index contributed by atoms with van der Waals surface area (Å²) in [7, 11) is 0. The van der Waals surface area contributed by atoms with Crippen molar-refractivity contribution >= 4 is 17.0 Å². The summed E-state index contributed by atoms with van der Waals surface area (Å²) in [4.78, 5) is 0. The summed E-state index contributed by atoms with van der Waals surface area (Å²) in [5, 5.41) is 4.51. The maximum absolute atomic E-state index is 5.78. The molecule has 1 aromatic heterocycles. The number of hydrogen-bond donors (Lipinski definition) is 1. The second kappa shape index (κ2) is 5.69. The zero-order chi connectivity index (χ0) is 12.1. The van der Waals surface area contributed by atoms with Crippen LogP contribution in [0.1, 0.15) is 26.0 Å². The van der Waals surface area contributed by atoms with Crippen LogP contribution in [0.3, 0.4) is 0 Å². The Morgan fingerprint density at radius 3 is 2.82 bits per heavy atom. The standard InChI is InChI=1S/C15H19NO/c1-3-12(11-16-4-2)9-14-10-13-7-5-6-8-15(13)17-14/h5-10,16H,3-4,11H2,1-2H3. The SMILES string of the molecule is CCNCC(=Cc1cc2ccccc2o1)CC. The Hall–Kier alpha value is -1.54. The number of rotatable bonds is 5. The van der Waals surface area contributed by atoms with Gasteiger partial charge < -0.3 is 9.73 Å². The Labute approximate surface area is 102 Å². The van der Waals surface area contributed by atoms with Gasteiger partial charge in [-0.15, -0.1) is 0 Å². The quantitative estimate of drug-likeness (QED) is 0.842. The number of nitrogens with one attached hydrogen (secondary N) is 1. The summed E-state index contributed by atoms with van der Waals surface area (Å²) in [6, 6.07) is 10.2. The molecular formula is C15H19NO. The number of hydrogen-bond acceptors (Lipinski definition) is 2. The number of benzene rings is 1. The molecule has 0 saturated heterocycles. The summed E-state index contributed by atoms with van der Waals surface area (Å²) in [5.41, 5.74) is 2.32. The molecule has 0 atom stereocenters. The van der Waals surface area contributed by atoms with E-state index in [0.29, 0.717) is 0 Å². The molecule has 0 saturated carbocycles. The monoisotopic (exact) mass is 229 g/mol. The van der Waals surface area contributed by atoms with Crippen LogP contribution < -0.4 is 5.32 Å². The van der Waals surface area contributed by atoms with Crippen LogP contribution in [-0.4, -0.2) is 13.1 Å². The summed E-state index contributed by atoms with van der Waals surface area (Å²) in [6.45, 7) is 6.22. The third-order valence-corrected chi connectivity index (χ3v) is 2.85. The second-order valence-electron chi connectivity index (χ2n) is 4.12. The van der Waals surface area contributed by atoms with Gasteiger partial charge in [-0.2, -0.15) is 0 Å². The van der Waals surface area contributed by atoms with Gasteiger partial charge in [0, 0.05) is 11.9 Å². The average molecular weight is 229 g/mol. The van der Waals surface area contributed by atoms with Crippen LogP contribution in [0.5, 0.6) is 0 Å². The van der Waals surface area contributed by atoms with Gasteiger partial charge in [-0.05, 0) is 31.2 Å². The number of fused-ring (bicyclic) bond motifs is 1. The van der Waals surface area contributed by atoms with Crippen LogP contribution in [0, 0.1) is 0 Å². The molecule has 0 unspecified atom stereocenters. The molecule has 1 N–H and O–H groups in total. The van der Waals surface area contributed by atoms with E-state index in [2.05, 4.69) is 37.4 Å². The molecular weight excluding hydrogens is 210 g/mol. The fourth-order valence-corrected chi connectivity index (χ4v) is 1.84. The number of furan rings is 1. The molecule has 0 spiro atoms. The highest BCUT2D eigenvalue weighted by atomic mass is 16.3. The fraction of sp³-hybridized carbons (Fsp3) is 0.333. The van der Waals surface area contributed by atoms with Crippen LogP contribution in [0.2, 0.25) is 0 Å². The van der Waals surface area contributed by atoms with E-state index in [0.717, 1.165) is 36.2 Å². The minimum atomic E-state index is 0.935. The van der Waals surface area contributed by atoms with Gasteiger partial charge in [0.25, 0.3) is 0 Å². The molecule has 2 heteroatoms. The first-order valence-corrected chi connectivity index (χ1v) is 6.22. The smallest absolute Gasteiger partial charge is 0.134 e. The summed E-state index contributed by atoms with van der Waals surface area (Å²) in [5.74, 6) is 0.945. The number of likely N-dealkylation sites (N-methyl/N-ethyl adjacent to an activating group) is 1. The Kier molecular flexibility index (Phi) is 3.99. The lowest BCUT2D eigenvalue weighted by atomic mass is 10.1. The predicted molar refractivity (Wildman–Crippen MR) is 73.0 cm³/mol. The lowest BCUT2D eigenvalue weighted by molar-refractivity contribution is 0.602. The highest BCUT2D eigenvalue weighted by Crippen LogP contribution is 2.21. The second-order valence-corrected chi connectivity index (χ2v) is 4.12. The van der Waals surface area contributed by atoms with Crippen LogP contribution in [-0.2, 0) is 0 Å². The van der Waals surface area contributed by atoms with Gasteiger partial charge in [0.15, 0.2) is 0 Å². The maximum Gasteiger partial charge on any atom is 0.134 e. The largest absolute Gasteiger partial charge is 0.457 e. The van der Waals surface area contributed by atoms with E-state index in [4.69, 9.17) is 4.42 Å². The first-order valence-electron chi connectivity index (χ1n) is 6.22. The predicted octanol–water partition coefficient (Wildman–Crippen LogP) is 3.84. The molecule has 2 rings (SSSR count). The molecule has 0 fully saturated rings. The highest BCUT2D eigenvalue weighted by Gasteiger charge is 2.01. The van der Waals surface area contributed by atoms with Crippen LogP contribution in [0.25, 0.3) is 17.0 Å². The fourth-order valence-electron chi connectivity index (χ4n) is 1.84. The Morgan fingerprint density at radius 2 is 2.12 bits per heavy atom. The summed E-state index contributed by atoms with van der Waals surface area (Å²) in [6.07, 6.45) is 3.19. The van der Waals surface area contributed by atoms with Crippen molar-refractivity contribution in [1.82, 2.24) is 5.32 Å². The van der Waals surface area contributed by atoms with Crippen molar-refractivity contribution in [1.29, 1.82) is 0 Å². The van der Waals surface area contributed by atoms with E-state index in [1.54, 1.807) is 0 Å². The van der Waals surface area contributed by atoms with Gasteiger partial charge in [-0.3, -0.25) is 0 Å². The Balaban J connectivity index is 2.23. The molecule has 1 aromatic carbocycles. The van der Waals surface area contributed by atoms with E-state index in [-0.39, 0.29) is 0 Å². The minimum absolute atomic E-state index is 0.935. The third-order valence-electron chi connectivity index (χ3n) is 2.85. The zero-order valence-corrected chi connectivity index (χ0v) is 10.5. The molecule has 0 bridgehead atoms. The molecule has 90 valence electrons. The lowest BCUT2D eigenvalue weighted by Gasteiger charge is -2.03. The molecule has 0 aliphatic rings. The molecule has 0 radical (unpaired) electrons. The van der Waals surface area contributed by atoms with E-state index in [1.807, 2.05) is 18.2 Å². The van der Waals surface area contributed by atoms with E-state index in [1.165, 1.54) is 5.57 Å².